The fourth-order valence-electron chi connectivity index (χ4n) is 0.834. The van der Waals surface area contributed by atoms with Crippen LogP contribution in [-0.2, 0) is 0 Å². The number of aromatic nitrogens is 1. The molecular formula is C8H8F2N2O2. The predicted molar refractivity (Wildman–Crippen MR) is 45.7 cm³/mol. The zero-order valence-corrected chi connectivity index (χ0v) is 7.08. The molecule has 14 heavy (non-hydrogen) atoms. The Labute approximate surface area is 78.6 Å². The summed E-state index contributed by atoms with van der Waals surface area (Å²) in [6.07, 6.45) is -2.50. The number of halogens is 2. The first-order chi connectivity index (χ1) is 6.59. The molecule has 1 aromatic rings. The highest BCUT2D eigenvalue weighted by Crippen LogP contribution is 2.05. The van der Waals surface area contributed by atoms with E-state index in [-0.39, 0.29) is 11.5 Å². The smallest absolute Gasteiger partial charge is 0.354 e. The van der Waals surface area contributed by atoms with Crippen LogP contribution in [0.25, 0.3) is 0 Å². The van der Waals surface area contributed by atoms with Crippen molar-refractivity contribution in [2.75, 3.05) is 11.9 Å². The molecule has 0 aliphatic rings. The van der Waals surface area contributed by atoms with Gasteiger partial charge in [0.2, 0.25) is 0 Å². The molecule has 0 aliphatic carbocycles. The molecule has 0 amide bonds. The van der Waals surface area contributed by atoms with Crippen molar-refractivity contribution in [3.63, 3.8) is 0 Å². The van der Waals surface area contributed by atoms with E-state index in [4.69, 9.17) is 5.11 Å². The molecule has 2 N–H and O–H groups in total. The molecule has 0 spiro atoms. The summed E-state index contributed by atoms with van der Waals surface area (Å²) in [5, 5.41) is 10.9. The van der Waals surface area contributed by atoms with Crippen molar-refractivity contribution >= 4 is 11.8 Å². The van der Waals surface area contributed by atoms with Gasteiger partial charge in [0.25, 0.3) is 6.43 Å². The van der Waals surface area contributed by atoms with E-state index in [0.717, 1.165) is 0 Å². The Morgan fingerprint density at radius 2 is 2.29 bits per heavy atom. The number of carbonyl (C=O) groups is 1. The van der Waals surface area contributed by atoms with Crippen molar-refractivity contribution in [1.82, 2.24) is 4.98 Å². The fraction of sp³-hybridized carbons (Fsp3) is 0.250. The van der Waals surface area contributed by atoms with E-state index >= 15 is 0 Å². The van der Waals surface area contributed by atoms with Crippen LogP contribution in [-0.4, -0.2) is 29.0 Å². The normalized spacial score (nSPS) is 10.2. The number of alkyl halides is 2. The van der Waals surface area contributed by atoms with Crippen LogP contribution in [0.4, 0.5) is 14.6 Å². The summed E-state index contributed by atoms with van der Waals surface area (Å²) in [7, 11) is 0. The molecule has 0 fully saturated rings. The minimum atomic E-state index is -2.50. The Morgan fingerprint density at radius 1 is 1.57 bits per heavy atom. The Bertz CT molecular complexity index is 331. The number of aromatic carboxylic acids is 1. The highest BCUT2D eigenvalue weighted by Gasteiger charge is 2.06. The SMILES string of the molecule is O=C(O)c1cccc(NCC(F)F)n1. The van der Waals surface area contributed by atoms with E-state index in [1.807, 2.05) is 0 Å². The van der Waals surface area contributed by atoms with Crippen LogP contribution >= 0.6 is 0 Å². The number of hydrogen-bond donors (Lipinski definition) is 2. The van der Waals surface area contributed by atoms with Gasteiger partial charge in [-0.2, -0.15) is 0 Å². The number of nitrogens with one attached hydrogen (secondary N) is 1. The minimum absolute atomic E-state index is 0.130. The van der Waals surface area contributed by atoms with E-state index in [2.05, 4.69) is 10.3 Å². The monoisotopic (exact) mass is 202 g/mol. The number of carboxylic acid groups (broad SMARTS) is 1. The summed E-state index contributed by atoms with van der Waals surface area (Å²) in [6.45, 7) is -0.546. The van der Waals surface area contributed by atoms with E-state index in [1.54, 1.807) is 0 Å². The molecule has 76 valence electrons. The second-order valence-electron chi connectivity index (χ2n) is 2.49. The molecule has 1 heterocycles. The van der Waals surface area contributed by atoms with E-state index < -0.39 is 18.9 Å². The quantitative estimate of drug-likeness (QED) is 0.775. The number of anilines is 1. The third kappa shape index (κ3) is 2.96. The molecule has 0 unspecified atom stereocenters. The van der Waals surface area contributed by atoms with Crippen molar-refractivity contribution in [3.8, 4) is 0 Å². The van der Waals surface area contributed by atoms with Crippen LogP contribution < -0.4 is 5.32 Å². The van der Waals surface area contributed by atoms with Gasteiger partial charge in [-0.25, -0.2) is 18.6 Å². The summed E-state index contributed by atoms with van der Waals surface area (Å²) in [6, 6.07) is 4.15. The third-order valence-electron chi connectivity index (χ3n) is 1.41. The van der Waals surface area contributed by atoms with Gasteiger partial charge in [-0.05, 0) is 12.1 Å². The predicted octanol–water partition coefficient (Wildman–Crippen LogP) is 1.46. The van der Waals surface area contributed by atoms with Gasteiger partial charge >= 0.3 is 5.97 Å². The first kappa shape index (κ1) is 10.4. The number of hydrogen-bond acceptors (Lipinski definition) is 3. The molecule has 0 atom stereocenters. The number of carboxylic acids is 1. The Balaban J connectivity index is 2.69. The maximum Gasteiger partial charge on any atom is 0.354 e. The number of pyridine rings is 1. The zero-order chi connectivity index (χ0) is 10.6. The molecule has 1 aromatic heterocycles. The topological polar surface area (TPSA) is 62.2 Å². The van der Waals surface area contributed by atoms with Gasteiger partial charge in [0.05, 0.1) is 6.54 Å². The van der Waals surface area contributed by atoms with Crippen molar-refractivity contribution in [2.45, 2.75) is 6.43 Å². The number of nitrogens with zero attached hydrogens (tertiary/aromatic N) is 1. The van der Waals surface area contributed by atoms with Crippen LogP contribution in [0.5, 0.6) is 0 Å². The summed E-state index contributed by atoms with van der Waals surface area (Å²) in [5.41, 5.74) is -0.177. The highest BCUT2D eigenvalue weighted by molar-refractivity contribution is 5.85. The molecular weight excluding hydrogens is 194 g/mol. The average molecular weight is 202 g/mol. The van der Waals surface area contributed by atoms with Crippen LogP contribution in [0.2, 0.25) is 0 Å². The molecule has 6 heteroatoms. The molecule has 0 saturated carbocycles. The Morgan fingerprint density at radius 3 is 2.86 bits per heavy atom. The van der Waals surface area contributed by atoms with Crippen LogP contribution in [0.3, 0.4) is 0 Å². The van der Waals surface area contributed by atoms with Gasteiger partial charge in [0, 0.05) is 0 Å². The van der Waals surface area contributed by atoms with Crippen molar-refractivity contribution in [1.29, 1.82) is 0 Å². The molecule has 0 radical (unpaired) electrons. The molecule has 0 aromatic carbocycles. The summed E-state index contributed by atoms with van der Waals surface area (Å²) in [5.74, 6) is -1.06. The Hall–Kier alpha value is -1.72. The van der Waals surface area contributed by atoms with Gasteiger partial charge in [-0.3, -0.25) is 0 Å². The fourth-order valence-corrected chi connectivity index (χ4v) is 0.834. The first-order valence-corrected chi connectivity index (χ1v) is 3.82. The van der Waals surface area contributed by atoms with E-state index in [1.165, 1.54) is 18.2 Å². The molecule has 0 bridgehead atoms. The van der Waals surface area contributed by atoms with Gasteiger partial charge in [-0.15, -0.1) is 0 Å². The molecule has 4 nitrogen and oxygen atoms in total. The van der Waals surface area contributed by atoms with Crippen molar-refractivity contribution in [2.24, 2.45) is 0 Å². The highest BCUT2D eigenvalue weighted by atomic mass is 19.3. The van der Waals surface area contributed by atoms with Gasteiger partial charge in [0.15, 0.2) is 5.69 Å². The lowest BCUT2D eigenvalue weighted by Crippen LogP contribution is -2.12. The largest absolute Gasteiger partial charge is 0.477 e. The number of rotatable bonds is 4. The van der Waals surface area contributed by atoms with E-state index in [9.17, 15) is 13.6 Å². The zero-order valence-electron chi connectivity index (χ0n) is 7.08. The second-order valence-corrected chi connectivity index (χ2v) is 2.49. The summed E-state index contributed by atoms with van der Waals surface area (Å²) < 4.78 is 23.5. The summed E-state index contributed by atoms with van der Waals surface area (Å²) in [4.78, 5) is 14.1. The maximum atomic E-state index is 11.8. The van der Waals surface area contributed by atoms with Crippen molar-refractivity contribution in [3.05, 3.63) is 23.9 Å². The van der Waals surface area contributed by atoms with Crippen LogP contribution in [0.1, 0.15) is 10.5 Å². The standard InChI is InChI=1S/C8H8F2N2O2/c9-6(10)4-11-7-3-1-2-5(12-7)8(13)14/h1-3,6H,4H2,(H,11,12)(H,13,14). The van der Waals surface area contributed by atoms with Gasteiger partial charge in [0.1, 0.15) is 5.82 Å². The molecule has 0 saturated heterocycles. The third-order valence-corrected chi connectivity index (χ3v) is 1.41. The first-order valence-electron chi connectivity index (χ1n) is 3.82. The minimum Gasteiger partial charge on any atom is -0.477 e. The molecule has 1 rings (SSSR count). The average Bonchev–Trinajstić information content (AvgIpc) is 2.15. The van der Waals surface area contributed by atoms with Crippen molar-refractivity contribution < 1.29 is 18.7 Å². The van der Waals surface area contributed by atoms with Gasteiger partial charge < -0.3 is 10.4 Å². The lowest BCUT2D eigenvalue weighted by molar-refractivity contribution is 0.0690. The van der Waals surface area contributed by atoms with E-state index in [0.29, 0.717) is 0 Å². The Kier molecular flexibility index (Phi) is 3.33. The van der Waals surface area contributed by atoms with Gasteiger partial charge in [-0.1, -0.05) is 6.07 Å². The second kappa shape index (κ2) is 4.50. The lowest BCUT2D eigenvalue weighted by atomic mass is 10.3. The molecule has 0 aliphatic heterocycles. The summed E-state index contributed by atoms with van der Waals surface area (Å²) >= 11 is 0. The van der Waals surface area contributed by atoms with Crippen LogP contribution in [0.15, 0.2) is 18.2 Å². The van der Waals surface area contributed by atoms with Crippen LogP contribution in [0, 0.1) is 0 Å². The maximum absolute atomic E-state index is 11.8. The lowest BCUT2D eigenvalue weighted by Gasteiger charge is -2.04.